The summed E-state index contributed by atoms with van der Waals surface area (Å²) in [6, 6.07) is 6.17. The van der Waals surface area contributed by atoms with Crippen molar-refractivity contribution in [3.8, 4) is 0 Å². The Hall–Kier alpha value is -1.79. The van der Waals surface area contributed by atoms with E-state index in [1.807, 2.05) is 17.5 Å². The number of fused-ring (bicyclic) bond motifs is 1. The van der Waals surface area contributed by atoms with Gasteiger partial charge in [-0.3, -0.25) is 5.43 Å². The maximum atomic E-state index is 4.32. The van der Waals surface area contributed by atoms with Crippen molar-refractivity contribution in [1.29, 1.82) is 0 Å². The van der Waals surface area contributed by atoms with E-state index in [4.69, 9.17) is 0 Å². The van der Waals surface area contributed by atoms with Crippen LogP contribution >= 0.6 is 22.7 Å². The van der Waals surface area contributed by atoms with Gasteiger partial charge in [-0.2, -0.15) is 5.10 Å². The molecule has 0 saturated carbocycles. The number of aromatic nitrogens is 2. The van der Waals surface area contributed by atoms with E-state index >= 15 is 0 Å². The van der Waals surface area contributed by atoms with Gasteiger partial charge in [0.05, 0.1) is 11.6 Å². The van der Waals surface area contributed by atoms with Crippen molar-refractivity contribution in [2.75, 3.05) is 5.43 Å². The van der Waals surface area contributed by atoms with E-state index < -0.39 is 0 Å². The van der Waals surface area contributed by atoms with E-state index in [1.165, 1.54) is 4.88 Å². The van der Waals surface area contributed by atoms with Crippen LogP contribution in [0.3, 0.4) is 0 Å². The predicted molar refractivity (Wildman–Crippen MR) is 87.0 cm³/mol. The van der Waals surface area contributed by atoms with E-state index in [9.17, 15) is 0 Å². The molecule has 0 aliphatic rings. The van der Waals surface area contributed by atoms with Crippen molar-refractivity contribution in [2.24, 2.45) is 5.10 Å². The van der Waals surface area contributed by atoms with Crippen molar-refractivity contribution >= 4 is 44.9 Å². The minimum atomic E-state index is 0.497. The molecule has 20 heavy (non-hydrogen) atoms. The zero-order chi connectivity index (χ0) is 13.9. The van der Waals surface area contributed by atoms with Crippen LogP contribution < -0.4 is 5.43 Å². The maximum Gasteiger partial charge on any atom is 0.158 e. The summed E-state index contributed by atoms with van der Waals surface area (Å²) < 4.78 is 0. The molecule has 0 amide bonds. The molecule has 0 spiro atoms. The topological polar surface area (TPSA) is 50.2 Å². The van der Waals surface area contributed by atoms with Crippen LogP contribution in [0.5, 0.6) is 0 Å². The monoisotopic (exact) mass is 302 g/mol. The summed E-state index contributed by atoms with van der Waals surface area (Å²) in [5.74, 6) is 1.25. The Kier molecular flexibility index (Phi) is 3.75. The van der Waals surface area contributed by atoms with Crippen molar-refractivity contribution in [3.63, 3.8) is 0 Å². The fourth-order valence-corrected chi connectivity index (χ4v) is 3.36. The number of nitrogens with one attached hydrogen (secondary N) is 1. The zero-order valence-corrected chi connectivity index (χ0v) is 12.8. The predicted octanol–water partition coefficient (Wildman–Crippen LogP) is 4.32. The average Bonchev–Trinajstić information content (AvgIpc) is 3.07. The van der Waals surface area contributed by atoms with Gasteiger partial charge in [-0.05, 0) is 23.4 Å². The largest absolute Gasteiger partial charge is 0.261 e. The molecule has 102 valence electrons. The van der Waals surface area contributed by atoms with Crippen LogP contribution in [0.4, 0.5) is 5.82 Å². The van der Waals surface area contributed by atoms with Gasteiger partial charge in [-0.1, -0.05) is 19.9 Å². The molecule has 0 aliphatic carbocycles. The van der Waals surface area contributed by atoms with Gasteiger partial charge in [0.15, 0.2) is 5.82 Å². The average molecular weight is 302 g/mol. The van der Waals surface area contributed by atoms with Crippen LogP contribution in [-0.2, 0) is 0 Å². The molecular weight excluding hydrogens is 288 g/mol. The maximum absolute atomic E-state index is 4.32. The molecule has 0 fully saturated rings. The van der Waals surface area contributed by atoms with E-state index in [1.54, 1.807) is 35.2 Å². The standard InChI is InChI=1S/C14H14N4S2/c1-9(2)12-6-11-13(15-8-16-14(11)20-12)18-17-7-10-4-3-5-19-10/h3-9H,1-2H3,(H,15,16,18)/b17-7-. The Labute approximate surface area is 125 Å². The quantitative estimate of drug-likeness (QED) is 0.576. The summed E-state index contributed by atoms with van der Waals surface area (Å²) in [5, 5.41) is 7.30. The molecule has 0 unspecified atom stereocenters. The first kappa shape index (κ1) is 13.2. The lowest BCUT2D eigenvalue weighted by Gasteiger charge is -1.99. The third kappa shape index (κ3) is 2.71. The first-order valence-electron chi connectivity index (χ1n) is 6.31. The summed E-state index contributed by atoms with van der Waals surface area (Å²) in [6.07, 6.45) is 3.38. The minimum absolute atomic E-state index is 0.497. The fraction of sp³-hybridized carbons (Fsp3) is 0.214. The van der Waals surface area contributed by atoms with Gasteiger partial charge < -0.3 is 0 Å². The lowest BCUT2D eigenvalue weighted by atomic mass is 10.2. The van der Waals surface area contributed by atoms with Gasteiger partial charge in [0.25, 0.3) is 0 Å². The molecule has 3 heterocycles. The third-order valence-corrected chi connectivity index (χ3v) is 4.97. The Morgan fingerprint density at radius 2 is 2.25 bits per heavy atom. The Bertz CT molecular complexity index is 729. The van der Waals surface area contributed by atoms with E-state index in [-0.39, 0.29) is 0 Å². The molecule has 0 aliphatic heterocycles. The van der Waals surface area contributed by atoms with E-state index in [2.05, 4.69) is 40.4 Å². The molecule has 0 atom stereocenters. The lowest BCUT2D eigenvalue weighted by Crippen LogP contribution is -1.93. The first-order chi connectivity index (χ1) is 9.74. The van der Waals surface area contributed by atoms with Gasteiger partial charge in [0.2, 0.25) is 0 Å². The van der Waals surface area contributed by atoms with Gasteiger partial charge in [0, 0.05) is 9.75 Å². The molecule has 1 N–H and O–H groups in total. The van der Waals surface area contributed by atoms with E-state index in [0.717, 1.165) is 20.9 Å². The summed E-state index contributed by atoms with van der Waals surface area (Å²) in [7, 11) is 0. The number of anilines is 1. The van der Waals surface area contributed by atoms with Gasteiger partial charge in [0.1, 0.15) is 11.2 Å². The fourth-order valence-electron chi connectivity index (χ4n) is 1.77. The van der Waals surface area contributed by atoms with E-state index in [0.29, 0.717) is 5.92 Å². The number of hydrogen-bond acceptors (Lipinski definition) is 6. The smallest absolute Gasteiger partial charge is 0.158 e. The highest BCUT2D eigenvalue weighted by atomic mass is 32.1. The van der Waals surface area contributed by atoms with Gasteiger partial charge in [-0.15, -0.1) is 22.7 Å². The number of nitrogens with zero attached hydrogens (tertiary/aromatic N) is 3. The summed E-state index contributed by atoms with van der Waals surface area (Å²) in [4.78, 5) is 12.0. The minimum Gasteiger partial charge on any atom is -0.261 e. The highest BCUT2D eigenvalue weighted by Gasteiger charge is 2.10. The van der Waals surface area contributed by atoms with Crippen LogP contribution in [0.2, 0.25) is 0 Å². The molecule has 0 aromatic carbocycles. The SMILES string of the molecule is CC(C)c1cc2c(N/N=C\c3cccs3)ncnc2s1. The Morgan fingerprint density at radius 3 is 3.00 bits per heavy atom. The first-order valence-corrected chi connectivity index (χ1v) is 8.00. The van der Waals surface area contributed by atoms with Crippen molar-refractivity contribution in [3.05, 3.63) is 39.7 Å². The number of hydrogen-bond donors (Lipinski definition) is 1. The lowest BCUT2D eigenvalue weighted by molar-refractivity contribution is 0.890. The van der Waals surface area contributed by atoms with Crippen LogP contribution in [0.1, 0.15) is 29.5 Å². The van der Waals surface area contributed by atoms with Crippen molar-refractivity contribution in [1.82, 2.24) is 9.97 Å². The van der Waals surface area contributed by atoms with Crippen LogP contribution in [0.15, 0.2) is 35.0 Å². The summed E-state index contributed by atoms with van der Waals surface area (Å²) in [6.45, 7) is 4.36. The van der Waals surface area contributed by atoms with Crippen LogP contribution in [0.25, 0.3) is 10.2 Å². The van der Waals surface area contributed by atoms with Crippen LogP contribution in [0, 0.1) is 0 Å². The molecule has 3 aromatic rings. The van der Waals surface area contributed by atoms with Crippen LogP contribution in [-0.4, -0.2) is 16.2 Å². The molecule has 3 aromatic heterocycles. The summed E-state index contributed by atoms with van der Waals surface area (Å²) in [5.41, 5.74) is 3.01. The zero-order valence-electron chi connectivity index (χ0n) is 11.2. The second kappa shape index (κ2) is 5.68. The highest BCUT2D eigenvalue weighted by Crippen LogP contribution is 2.32. The second-order valence-electron chi connectivity index (χ2n) is 4.63. The molecule has 4 nitrogen and oxygen atoms in total. The van der Waals surface area contributed by atoms with Crippen molar-refractivity contribution < 1.29 is 0 Å². The van der Waals surface area contributed by atoms with Gasteiger partial charge >= 0.3 is 0 Å². The molecule has 0 bridgehead atoms. The third-order valence-electron chi connectivity index (χ3n) is 2.82. The summed E-state index contributed by atoms with van der Waals surface area (Å²) >= 11 is 3.36. The molecule has 0 radical (unpaired) electrons. The number of thiophene rings is 2. The Morgan fingerprint density at radius 1 is 1.35 bits per heavy atom. The van der Waals surface area contributed by atoms with Crippen molar-refractivity contribution in [2.45, 2.75) is 19.8 Å². The second-order valence-corrected chi connectivity index (χ2v) is 6.67. The van der Waals surface area contributed by atoms with Gasteiger partial charge in [-0.25, -0.2) is 9.97 Å². The molecule has 0 saturated heterocycles. The number of hydrazone groups is 1. The normalized spacial score (nSPS) is 11.8. The highest BCUT2D eigenvalue weighted by molar-refractivity contribution is 7.18. The number of rotatable bonds is 4. The molecular formula is C14H14N4S2. The molecule has 6 heteroatoms. The molecule has 3 rings (SSSR count). The Balaban J connectivity index is 1.87.